The summed E-state index contributed by atoms with van der Waals surface area (Å²) in [6.45, 7) is 5.72. The van der Waals surface area contributed by atoms with Crippen LogP contribution in [-0.4, -0.2) is 19.0 Å². The van der Waals surface area contributed by atoms with Gasteiger partial charge >= 0.3 is 0 Å². The second-order valence-corrected chi connectivity index (χ2v) is 3.63. The van der Waals surface area contributed by atoms with Crippen LogP contribution in [0.4, 0.5) is 5.69 Å². The fourth-order valence-corrected chi connectivity index (χ4v) is 1.72. The van der Waals surface area contributed by atoms with Gasteiger partial charge in [0.1, 0.15) is 0 Å². The molecule has 1 rings (SSSR count). The van der Waals surface area contributed by atoms with E-state index in [1.54, 1.807) is 12.1 Å². The summed E-state index contributed by atoms with van der Waals surface area (Å²) in [5, 5.41) is 0.528. The lowest BCUT2D eigenvalue weighted by Gasteiger charge is -2.23. The van der Waals surface area contributed by atoms with Crippen LogP contribution in [-0.2, 0) is 0 Å². The van der Waals surface area contributed by atoms with Crippen molar-refractivity contribution in [1.82, 2.24) is 0 Å². The van der Waals surface area contributed by atoms with Crippen LogP contribution in [0.15, 0.2) is 18.2 Å². The highest BCUT2D eigenvalue weighted by molar-refractivity contribution is 6.31. The number of benzene rings is 1. The van der Waals surface area contributed by atoms with Crippen molar-refractivity contribution >= 4 is 23.2 Å². The summed E-state index contributed by atoms with van der Waals surface area (Å²) < 4.78 is 0. The zero-order chi connectivity index (χ0) is 11.4. The van der Waals surface area contributed by atoms with Gasteiger partial charge in [0.15, 0.2) is 0 Å². The first-order chi connectivity index (χ1) is 7.10. The molecule has 0 aromatic heterocycles. The Labute approximate surface area is 94.8 Å². The van der Waals surface area contributed by atoms with E-state index in [1.165, 1.54) is 0 Å². The highest BCUT2D eigenvalue weighted by Gasteiger charge is 2.12. The molecule has 1 aromatic rings. The number of carbonyl (C=O) groups is 1. The monoisotopic (exact) mass is 226 g/mol. The molecule has 0 unspecified atom stereocenters. The maximum atomic E-state index is 11.2. The van der Waals surface area contributed by atoms with Crippen LogP contribution in [0, 0.1) is 0 Å². The smallest absolute Gasteiger partial charge is 0.250 e. The van der Waals surface area contributed by atoms with E-state index in [1.807, 2.05) is 19.9 Å². The minimum atomic E-state index is -0.445. The summed E-state index contributed by atoms with van der Waals surface area (Å²) in [4.78, 5) is 13.3. The van der Waals surface area contributed by atoms with Gasteiger partial charge in [-0.15, -0.1) is 0 Å². The van der Waals surface area contributed by atoms with Crippen molar-refractivity contribution in [1.29, 1.82) is 0 Å². The van der Waals surface area contributed by atoms with E-state index in [2.05, 4.69) is 4.90 Å². The minimum absolute atomic E-state index is 0.445. The SMILES string of the molecule is CCN(CC)c1ccc(Cl)cc1C(N)=O. The molecule has 0 saturated carbocycles. The fraction of sp³-hybridized carbons (Fsp3) is 0.364. The number of hydrogen-bond acceptors (Lipinski definition) is 2. The molecule has 0 heterocycles. The van der Waals surface area contributed by atoms with Crippen molar-refractivity contribution in [3.8, 4) is 0 Å². The van der Waals surface area contributed by atoms with Crippen molar-refractivity contribution in [2.75, 3.05) is 18.0 Å². The molecule has 0 aliphatic rings. The molecule has 0 bridgehead atoms. The van der Waals surface area contributed by atoms with Crippen molar-refractivity contribution in [3.05, 3.63) is 28.8 Å². The third kappa shape index (κ3) is 2.63. The average Bonchev–Trinajstić information content (AvgIpc) is 2.21. The molecule has 0 aliphatic heterocycles. The van der Waals surface area contributed by atoms with Gasteiger partial charge in [-0.1, -0.05) is 11.6 Å². The first-order valence-corrected chi connectivity index (χ1v) is 5.32. The molecular weight excluding hydrogens is 212 g/mol. The third-order valence-corrected chi connectivity index (χ3v) is 2.56. The van der Waals surface area contributed by atoms with E-state index in [-0.39, 0.29) is 0 Å². The maximum Gasteiger partial charge on any atom is 0.250 e. The number of nitrogens with two attached hydrogens (primary N) is 1. The van der Waals surface area contributed by atoms with Gasteiger partial charge in [0, 0.05) is 23.8 Å². The lowest BCUT2D eigenvalue weighted by atomic mass is 10.1. The molecule has 0 spiro atoms. The number of anilines is 1. The molecule has 1 amide bonds. The number of carbonyl (C=O) groups excluding carboxylic acids is 1. The Morgan fingerprint density at radius 3 is 2.47 bits per heavy atom. The highest BCUT2D eigenvalue weighted by Crippen LogP contribution is 2.23. The molecule has 4 heteroatoms. The van der Waals surface area contributed by atoms with Gasteiger partial charge in [-0.05, 0) is 32.0 Å². The molecule has 0 saturated heterocycles. The van der Waals surface area contributed by atoms with Crippen LogP contribution in [0.25, 0.3) is 0 Å². The van der Waals surface area contributed by atoms with Crippen LogP contribution < -0.4 is 10.6 Å². The van der Waals surface area contributed by atoms with Gasteiger partial charge in [0.05, 0.1) is 5.56 Å². The quantitative estimate of drug-likeness (QED) is 0.856. The number of hydrogen-bond donors (Lipinski definition) is 1. The summed E-state index contributed by atoms with van der Waals surface area (Å²) in [5.41, 5.74) is 6.63. The second kappa shape index (κ2) is 5.03. The van der Waals surface area contributed by atoms with Gasteiger partial charge < -0.3 is 10.6 Å². The van der Waals surface area contributed by atoms with E-state index in [0.29, 0.717) is 10.6 Å². The van der Waals surface area contributed by atoms with Crippen molar-refractivity contribution in [2.45, 2.75) is 13.8 Å². The Bertz CT molecular complexity index is 362. The number of halogens is 1. The van der Waals surface area contributed by atoms with Crippen LogP contribution in [0.2, 0.25) is 5.02 Å². The standard InChI is InChI=1S/C11H15ClN2O/c1-3-14(4-2)10-6-5-8(12)7-9(10)11(13)15/h5-7H,3-4H2,1-2H3,(H2,13,15). The number of nitrogens with zero attached hydrogens (tertiary/aromatic N) is 1. The van der Waals surface area contributed by atoms with E-state index < -0.39 is 5.91 Å². The lowest BCUT2D eigenvalue weighted by molar-refractivity contribution is 0.100. The summed E-state index contributed by atoms with van der Waals surface area (Å²) in [6.07, 6.45) is 0. The summed E-state index contributed by atoms with van der Waals surface area (Å²) in [6, 6.07) is 5.20. The Hall–Kier alpha value is -1.22. The van der Waals surface area contributed by atoms with Crippen molar-refractivity contribution in [3.63, 3.8) is 0 Å². The van der Waals surface area contributed by atoms with Crippen molar-refractivity contribution in [2.24, 2.45) is 5.73 Å². The lowest BCUT2D eigenvalue weighted by Crippen LogP contribution is -2.25. The minimum Gasteiger partial charge on any atom is -0.371 e. The first-order valence-electron chi connectivity index (χ1n) is 4.94. The molecule has 82 valence electrons. The first kappa shape index (κ1) is 11.9. The molecule has 2 N–H and O–H groups in total. The van der Waals surface area contributed by atoms with Gasteiger partial charge in [-0.2, -0.15) is 0 Å². The van der Waals surface area contributed by atoms with Gasteiger partial charge in [0.25, 0.3) is 5.91 Å². The summed E-state index contributed by atoms with van der Waals surface area (Å²) in [7, 11) is 0. The van der Waals surface area contributed by atoms with Gasteiger partial charge in [0.2, 0.25) is 0 Å². The average molecular weight is 227 g/mol. The molecule has 0 aliphatic carbocycles. The van der Waals surface area contributed by atoms with E-state index in [0.717, 1.165) is 18.8 Å². The Morgan fingerprint density at radius 1 is 1.40 bits per heavy atom. The summed E-state index contributed by atoms with van der Waals surface area (Å²) >= 11 is 5.83. The van der Waals surface area contributed by atoms with Gasteiger partial charge in [-0.3, -0.25) is 4.79 Å². The summed E-state index contributed by atoms with van der Waals surface area (Å²) in [5.74, 6) is -0.445. The number of rotatable bonds is 4. The molecule has 3 nitrogen and oxygen atoms in total. The number of primary amides is 1. The molecular formula is C11H15ClN2O. The van der Waals surface area contributed by atoms with Crippen LogP contribution >= 0.6 is 11.6 Å². The Morgan fingerprint density at radius 2 is 2.00 bits per heavy atom. The largest absolute Gasteiger partial charge is 0.371 e. The Kier molecular flexibility index (Phi) is 3.97. The predicted octanol–water partition coefficient (Wildman–Crippen LogP) is 2.29. The highest BCUT2D eigenvalue weighted by atomic mass is 35.5. The number of amides is 1. The van der Waals surface area contributed by atoms with Crippen molar-refractivity contribution < 1.29 is 4.79 Å². The van der Waals surface area contributed by atoms with Crippen LogP contribution in [0.3, 0.4) is 0 Å². The molecule has 1 aromatic carbocycles. The molecule has 0 radical (unpaired) electrons. The van der Waals surface area contributed by atoms with Crippen LogP contribution in [0.1, 0.15) is 24.2 Å². The zero-order valence-corrected chi connectivity index (χ0v) is 9.71. The molecule has 0 atom stereocenters. The normalized spacial score (nSPS) is 10.1. The maximum absolute atomic E-state index is 11.2. The topological polar surface area (TPSA) is 46.3 Å². The molecule has 0 fully saturated rings. The third-order valence-electron chi connectivity index (χ3n) is 2.33. The zero-order valence-electron chi connectivity index (χ0n) is 8.96. The van der Waals surface area contributed by atoms with E-state index in [4.69, 9.17) is 17.3 Å². The van der Waals surface area contributed by atoms with E-state index in [9.17, 15) is 4.79 Å². The Balaban J connectivity index is 3.21. The molecule has 15 heavy (non-hydrogen) atoms. The van der Waals surface area contributed by atoms with E-state index >= 15 is 0 Å². The van der Waals surface area contributed by atoms with Gasteiger partial charge in [-0.25, -0.2) is 0 Å². The predicted molar refractivity (Wildman–Crippen MR) is 63.5 cm³/mol. The second-order valence-electron chi connectivity index (χ2n) is 3.20. The van der Waals surface area contributed by atoms with Crippen LogP contribution in [0.5, 0.6) is 0 Å². The fourth-order valence-electron chi connectivity index (χ4n) is 1.55.